The molecular formula is C15H15ClN2O2. The molecule has 1 saturated carbocycles. The zero-order valence-corrected chi connectivity index (χ0v) is 11.7. The highest BCUT2D eigenvalue weighted by Gasteiger charge is 2.36. The largest absolute Gasteiger partial charge is 0.454 e. The smallest absolute Gasteiger partial charge is 0.231 e. The minimum Gasteiger partial charge on any atom is -0.454 e. The first-order valence-electron chi connectivity index (χ1n) is 6.82. The normalized spacial score (nSPS) is 18.9. The fourth-order valence-electron chi connectivity index (χ4n) is 2.81. The molecule has 0 amide bonds. The highest BCUT2D eigenvalue weighted by Crippen LogP contribution is 2.41. The van der Waals surface area contributed by atoms with Crippen molar-refractivity contribution in [2.75, 3.05) is 18.0 Å². The molecule has 1 fully saturated rings. The average molecular weight is 291 g/mol. The van der Waals surface area contributed by atoms with E-state index < -0.39 is 0 Å². The lowest BCUT2D eigenvalue weighted by Crippen LogP contribution is -2.47. The Kier molecular flexibility index (Phi) is 2.67. The molecule has 104 valence electrons. The molecule has 4 rings (SSSR count). The van der Waals surface area contributed by atoms with E-state index in [4.69, 9.17) is 21.1 Å². The summed E-state index contributed by atoms with van der Waals surface area (Å²) >= 11 is 6.12. The van der Waals surface area contributed by atoms with Crippen LogP contribution in [0.4, 0.5) is 5.82 Å². The summed E-state index contributed by atoms with van der Waals surface area (Å²) in [6, 6.07) is 5.98. The Morgan fingerprint density at radius 3 is 2.75 bits per heavy atom. The van der Waals surface area contributed by atoms with Crippen molar-refractivity contribution in [2.45, 2.75) is 24.8 Å². The second-order valence-electron chi connectivity index (χ2n) is 5.48. The van der Waals surface area contributed by atoms with Crippen molar-refractivity contribution >= 4 is 28.2 Å². The fraction of sp³-hybridized carbons (Fsp3) is 0.400. The molecule has 5 heteroatoms. The number of hydrogen-bond acceptors (Lipinski definition) is 4. The Morgan fingerprint density at radius 1 is 1.25 bits per heavy atom. The molecule has 0 spiro atoms. The summed E-state index contributed by atoms with van der Waals surface area (Å²) in [6.07, 6.45) is 5.22. The Morgan fingerprint density at radius 2 is 2.05 bits per heavy atom. The zero-order valence-electron chi connectivity index (χ0n) is 11.0. The highest BCUT2D eigenvalue weighted by atomic mass is 35.5. The molecule has 1 aliphatic carbocycles. The summed E-state index contributed by atoms with van der Waals surface area (Å²) in [6.45, 7) is 0.285. The molecule has 0 bridgehead atoms. The second kappa shape index (κ2) is 4.42. The maximum Gasteiger partial charge on any atom is 0.231 e. The Bertz CT molecular complexity index is 665. The van der Waals surface area contributed by atoms with Gasteiger partial charge in [0.25, 0.3) is 0 Å². The van der Waals surface area contributed by atoms with Gasteiger partial charge in [0.15, 0.2) is 11.5 Å². The molecule has 1 aromatic carbocycles. The van der Waals surface area contributed by atoms with Gasteiger partial charge in [-0.2, -0.15) is 0 Å². The SMILES string of the molecule is ClCC1(Nc2nccc3cc4c(cc23)OCO4)CCC1. The van der Waals surface area contributed by atoms with E-state index in [2.05, 4.69) is 10.3 Å². The summed E-state index contributed by atoms with van der Waals surface area (Å²) in [5, 5.41) is 5.68. The van der Waals surface area contributed by atoms with E-state index in [-0.39, 0.29) is 12.3 Å². The van der Waals surface area contributed by atoms with E-state index in [1.807, 2.05) is 24.4 Å². The van der Waals surface area contributed by atoms with Gasteiger partial charge in [0.1, 0.15) is 5.82 Å². The summed E-state index contributed by atoms with van der Waals surface area (Å²) in [4.78, 5) is 4.48. The quantitative estimate of drug-likeness (QED) is 0.878. The molecule has 0 radical (unpaired) electrons. The van der Waals surface area contributed by atoms with Gasteiger partial charge in [-0.1, -0.05) is 0 Å². The minimum absolute atomic E-state index is 0.000784. The molecular weight excluding hydrogens is 276 g/mol. The van der Waals surface area contributed by atoms with Gasteiger partial charge in [0, 0.05) is 17.5 Å². The molecule has 1 N–H and O–H groups in total. The third-order valence-electron chi connectivity index (χ3n) is 4.21. The van der Waals surface area contributed by atoms with Crippen LogP contribution in [0.15, 0.2) is 24.4 Å². The third kappa shape index (κ3) is 1.79. The summed E-state index contributed by atoms with van der Waals surface area (Å²) in [5.74, 6) is 3.06. The number of rotatable bonds is 3. The number of pyridine rings is 1. The molecule has 0 saturated heterocycles. The van der Waals surface area contributed by atoms with E-state index in [0.717, 1.165) is 40.9 Å². The number of benzene rings is 1. The van der Waals surface area contributed by atoms with Crippen molar-refractivity contribution in [1.82, 2.24) is 4.98 Å². The number of hydrogen-bond donors (Lipinski definition) is 1. The van der Waals surface area contributed by atoms with E-state index in [1.54, 1.807) is 0 Å². The lowest BCUT2D eigenvalue weighted by atomic mass is 9.78. The van der Waals surface area contributed by atoms with Crippen molar-refractivity contribution < 1.29 is 9.47 Å². The van der Waals surface area contributed by atoms with Crippen LogP contribution in [-0.2, 0) is 0 Å². The Balaban J connectivity index is 1.79. The van der Waals surface area contributed by atoms with Gasteiger partial charge < -0.3 is 14.8 Å². The second-order valence-corrected chi connectivity index (χ2v) is 5.75. The van der Waals surface area contributed by atoms with Crippen LogP contribution in [-0.4, -0.2) is 23.2 Å². The zero-order chi connectivity index (χ0) is 13.6. The average Bonchev–Trinajstić information content (AvgIpc) is 2.88. The number of anilines is 1. The number of halogens is 1. The first kappa shape index (κ1) is 12.1. The molecule has 0 unspecified atom stereocenters. The van der Waals surface area contributed by atoms with Gasteiger partial charge in [0.2, 0.25) is 6.79 Å². The molecule has 0 atom stereocenters. The maximum atomic E-state index is 6.12. The van der Waals surface area contributed by atoms with Crippen LogP contribution in [0.1, 0.15) is 19.3 Å². The van der Waals surface area contributed by atoms with Crippen molar-refractivity contribution in [3.63, 3.8) is 0 Å². The van der Waals surface area contributed by atoms with E-state index in [1.165, 1.54) is 6.42 Å². The number of ether oxygens (including phenoxy) is 2. The number of fused-ring (bicyclic) bond motifs is 2. The Hall–Kier alpha value is -1.68. The van der Waals surface area contributed by atoms with Crippen molar-refractivity contribution in [3.05, 3.63) is 24.4 Å². The maximum absolute atomic E-state index is 6.12. The van der Waals surface area contributed by atoms with E-state index in [0.29, 0.717) is 5.88 Å². The standard InChI is InChI=1S/C15H15ClN2O2/c16-8-15(3-1-4-15)18-14-11-7-13-12(19-9-20-13)6-10(11)2-5-17-14/h2,5-7H,1,3-4,8-9H2,(H,17,18). The highest BCUT2D eigenvalue weighted by molar-refractivity contribution is 6.19. The van der Waals surface area contributed by atoms with Crippen molar-refractivity contribution in [3.8, 4) is 11.5 Å². The summed E-state index contributed by atoms with van der Waals surface area (Å²) in [5.41, 5.74) is -0.000784. The molecule has 4 nitrogen and oxygen atoms in total. The van der Waals surface area contributed by atoms with Gasteiger partial charge in [-0.3, -0.25) is 0 Å². The van der Waals surface area contributed by atoms with E-state index >= 15 is 0 Å². The number of alkyl halides is 1. The summed E-state index contributed by atoms with van der Waals surface area (Å²) < 4.78 is 10.9. The van der Waals surface area contributed by atoms with Crippen LogP contribution in [0, 0.1) is 0 Å². The minimum atomic E-state index is -0.000784. The monoisotopic (exact) mass is 290 g/mol. The van der Waals surface area contributed by atoms with Crippen LogP contribution in [0.3, 0.4) is 0 Å². The Labute approximate surface area is 122 Å². The van der Waals surface area contributed by atoms with Crippen LogP contribution < -0.4 is 14.8 Å². The molecule has 2 heterocycles. The molecule has 1 aliphatic heterocycles. The van der Waals surface area contributed by atoms with E-state index in [9.17, 15) is 0 Å². The van der Waals surface area contributed by atoms with Gasteiger partial charge in [0.05, 0.1) is 5.54 Å². The van der Waals surface area contributed by atoms with Gasteiger partial charge in [-0.15, -0.1) is 11.6 Å². The predicted octanol–water partition coefficient (Wildman–Crippen LogP) is 3.54. The molecule has 2 aliphatic rings. The predicted molar refractivity (Wildman–Crippen MR) is 78.8 cm³/mol. The lowest BCUT2D eigenvalue weighted by molar-refractivity contribution is 0.174. The van der Waals surface area contributed by atoms with Crippen molar-refractivity contribution in [2.24, 2.45) is 0 Å². The van der Waals surface area contributed by atoms with Crippen LogP contribution in [0.5, 0.6) is 11.5 Å². The topological polar surface area (TPSA) is 43.4 Å². The van der Waals surface area contributed by atoms with Crippen LogP contribution >= 0.6 is 11.6 Å². The third-order valence-corrected chi connectivity index (χ3v) is 4.72. The van der Waals surface area contributed by atoms with Gasteiger partial charge in [-0.25, -0.2) is 4.98 Å². The van der Waals surface area contributed by atoms with Gasteiger partial charge >= 0.3 is 0 Å². The van der Waals surface area contributed by atoms with Gasteiger partial charge in [-0.05, 0) is 42.8 Å². The summed E-state index contributed by atoms with van der Waals surface area (Å²) in [7, 11) is 0. The molecule has 2 aromatic rings. The lowest BCUT2D eigenvalue weighted by Gasteiger charge is -2.41. The molecule has 20 heavy (non-hydrogen) atoms. The number of nitrogens with zero attached hydrogens (tertiary/aromatic N) is 1. The molecule has 1 aromatic heterocycles. The van der Waals surface area contributed by atoms with Crippen LogP contribution in [0.25, 0.3) is 10.8 Å². The van der Waals surface area contributed by atoms with Crippen molar-refractivity contribution in [1.29, 1.82) is 0 Å². The van der Waals surface area contributed by atoms with Crippen LogP contribution in [0.2, 0.25) is 0 Å². The fourth-order valence-corrected chi connectivity index (χ4v) is 3.14. The first-order chi connectivity index (χ1) is 9.80. The first-order valence-corrected chi connectivity index (χ1v) is 7.36. The number of aromatic nitrogens is 1. The number of nitrogens with one attached hydrogen (secondary N) is 1.